The minimum absolute atomic E-state index is 0.126. The second-order valence-corrected chi connectivity index (χ2v) is 3.42. The molecule has 0 aromatic heterocycles. The van der Waals surface area contributed by atoms with Crippen LogP contribution in [0.1, 0.15) is 6.92 Å². The minimum atomic E-state index is -0.126. The highest BCUT2D eigenvalue weighted by atomic mass is 28.2. The zero-order valence-corrected chi connectivity index (χ0v) is 6.09. The SMILES string of the molecule is C[SiH2]C(C)OC=O. The molecule has 0 saturated heterocycles. The van der Waals surface area contributed by atoms with Gasteiger partial charge in [0.05, 0.1) is 15.2 Å². The lowest BCUT2D eigenvalue weighted by Crippen LogP contribution is -2.12. The van der Waals surface area contributed by atoms with E-state index in [-0.39, 0.29) is 15.2 Å². The smallest absolute Gasteiger partial charge is 0.292 e. The Labute approximate surface area is 45.7 Å². The number of carbonyl (C=O) groups excluding carboxylic acids is 1. The minimum Gasteiger partial charge on any atom is -0.469 e. The largest absolute Gasteiger partial charge is 0.469 e. The Morgan fingerprint density at radius 2 is 2.43 bits per heavy atom. The lowest BCUT2D eigenvalue weighted by atomic mass is 10.9. The van der Waals surface area contributed by atoms with Gasteiger partial charge in [-0.1, -0.05) is 6.55 Å². The molecule has 1 unspecified atom stereocenters. The first kappa shape index (κ1) is 6.69. The van der Waals surface area contributed by atoms with Gasteiger partial charge in [-0.05, 0) is 6.92 Å². The molecule has 0 aromatic rings. The van der Waals surface area contributed by atoms with E-state index in [1.807, 2.05) is 6.92 Å². The number of rotatable bonds is 3. The van der Waals surface area contributed by atoms with Crippen LogP contribution in [0.3, 0.4) is 0 Å². The van der Waals surface area contributed by atoms with Gasteiger partial charge in [0.1, 0.15) is 0 Å². The molecule has 0 rings (SSSR count). The Hall–Kier alpha value is -0.313. The molecule has 0 heterocycles. The summed E-state index contributed by atoms with van der Waals surface area (Å²) in [4.78, 5) is 9.57. The fourth-order valence-corrected chi connectivity index (χ4v) is 0.462. The first-order chi connectivity index (χ1) is 3.31. The molecule has 0 amide bonds. The van der Waals surface area contributed by atoms with E-state index < -0.39 is 0 Å². The van der Waals surface area contributed by atoms with Crippen molar-refractivity contribution in [2.75, 3.05) is 0 Å². The number of hydrogen-bond acceptors (Lipinski definition) is 2. The Bertz CT molecular complexity index is 55.7. The quantitative estimate of drug-likeness (QED) is 0.376. The summed E-state index contributed by atoms with van der Waals surface area (Å²) in [5.41, 5.74) is 0.220. The maximum absolute atomic E-state index is 9.57. The van der Waals surface area contributed by atoms with E-state index in [9.17, 15) is 4.79 Å². The van der Waals surface area contributed by atoms with Crippen molar-refractivity contribution in [1.82, 2.24) is 0 Å². The van der Waals surface area contributed by atoms with Gasteiger partial charge in [-0.2, -0.15) is 0 Å². The van der Waals surface area contributed by atoms with Crippen LogP contribution in [-0.4, -0.2) is 21.7 Å². The molecule has 0 spiro atoms. The van der Waals surface area contributed by atoms with Crippen LogP contribution >= 0.6 is 0 Å². The van der Waals surface area contributed by atoms with Gasteiger partial charge in [0.2, 0.25) is 0 Å². The number of hydrogen-bond donors (Lipinski definition) is 0. The van der Waals surface area contributed by atoms with Crippen molar-refractivity contribution >= 4 is 16.0 Å². The highest BCUT2D eigenvalue weighted by Crippen LogP contribution is 1.80. The van der Waals surface area contributed by atoms with E-state index in [2.05, 4.69) is 11.3 Å². The van der Waals surface area contributed by atoms with Crippen molar-refractivity contribution in [1.29, 1.82) is 0 Å². The van der Waals surface area contributed by atoms with E-state index in [4.69, 9.17) is 0 Å². The van der Waals surface area contributed by atoms with Gasteiger partial charge >= 0.3 is 0 Å². The van der Waals surface area contributed by atoms with E-state index >= 15 is 0 Å². The molecule has 0 aliphatic rings. The van der Waals surface area contributed by atoms with Crippen molar-refractivity contribution in [3.8, 4) is 0 Å². The summed E-state index contributed by atoms with van der Waals surface area (Å²) < 4.78 is 4.57. The molecule has 2 nitrogen and oxygen atoms in total. The molecular formula is C4H10O2Si. The molecule has 0 fully saturated rings. The molecule has 0 radical (unpaired) electrons. The maximum atomic E-state index is 9.57. The number of ether oxygens (including phenoxy) is 1. The van der Waals surface area contributed by atoms with Gasteiger partial charge in [-0.3, -0.25) is 4.79 Å². The molecule has 3 heteroatoms. The van der Waals surface area contributed by atoms with Gasteiger partial charge in [0.25, 0.3) is 6.47 Å². The van der Waals surface area contributed by atoms with E-state index in [1.165, 1.54) is 0 Å². The van der Waals surface area contributed by atoms with Crippen LogP contribution in [0.5, 0.6) is 0 Å². The fraction of sp³-hybridized carbons (Fsp3) is 0.750. The van der Waals surface area contributed by atoms with Gasteiger partial charge in [-0.15, -0.1) is 0 Å². The normalized spacial score (nSPS) is 14.6. The summed E-state index contributed by atoms with van der Waals surface area (Å²) in [6, 6.07) is 0. The first-order valence-corrected chi connectivity index (χ1v) is 4.63. The summed E-state index contributed by atoms with van der Waals surface area (Å²) in [7, 11) is -0.126. The van der Waals surface area contributed by atoms with Crippen LogP contribution in [-0.2, 0) is 9.53 Å². The standard InChI is InChI=1S/C4H10O2Si/c1-4(7-2)6-3-5/h3-4H,7H2,1-2H3. The van der Waals surface area contributed by atoms with Crippen molar-refractivity contribution in [2.24, 2.45) is 0 Å². The van der Waals surface area contributed by atoms with Crippen LogP contribution in [0.25, 0.3) is 0 Å². The Morgan fingerprint density at radius 1 is 1.86 bits per heavy atom. The molecule has 0 aromatic carbocycles. The third-order valence-corrected chi connectivity index (χ3v) is 2.21. The maximum Gasteiger partial charge on any atom is 0.292 e. The van der Waals surface area contributed by atoms with Crippen molar-refractivity contribution in [3.63, 3.8) is 0 Å². The van der Waals surface area contributed by atoms with E-state index in [0.717, 1.165) is 0 Å². The highest BCUT2D eigenvalue weighted by Gasteiger charge is 1.93. The molecule has 0 bridgehead atoms. The van der Waals surface area contributed by atoms with E-state index in [1.54, 1.807) is 0 Å². The van der Waals surface area contributed by atoms with Gasteiger partial charge < -0.3 is 4.74 Å². The molecular weight excluding hydrogens is 108 g/mol. The third kappa shape index (κ3) is 3.52. The summed E-state index contributed by atoms with van der Waals surface area (Å²) in [6.45, 7) is 4.54. The van der Waals surface area contributed by atoms with E-state index in [0.29, 0.717) is 6.47 Å². The average molecular weight is 118 g/mol. The predicted octanol–water partition coefficient (Wildman–Crippen LogP) is -0.278. The molecule has 0 aliphatic carbocycles. The van der Waals surface area contributed by atoms with Crippen LogP contribution in [0.4, 0.5) is 0 Å². The topological polar surface area (TPSA) is 26.3 Å². The van der Waals surface area contributed by atoms with Gasteiger partial charge in [-0.25, -0.2) is 0 Å². The predicted molar refractivity (Wildman–Crippen MR) is 31.0 cm³/mol. The summed E-state index contributed by atoms with van der Waals surface area (Å²) in [5, 5.41) is 0. The number of carbonyl (C=O) groups is 1. The first-order valence-electron chi connectivity index (χ1n) is 2.40. The molecule has 1 atom stereocenters. The average Bonchev–Trinajstić information content (AvgIpc) is 1.68. The Kier molecular flexibility index (Phi) is 3.69. The van der Waals surface area contributed by atoms with Crippen LogP contribution in [0.15, 0.2) is 0 Å². The van der Waals surface area contributed by atoms with Crippen LogP contribution < -0.4 is 0 Å². The lowest BCUT2D eigenvalue weighted by Gasteiger charge is -2.01. The molecule has 42 valence electrons. The summed E-state index contributed by atoms with van der Waals surface area (Å²) in [5.74, 6) is 0. The highest BCUT2D eigenvalue weighted by molar-refractivity contribution is 6.35. The van der Waals surface area contributed by atoms with Crippen molar-refractivity contribution in [2.45, 2.75) is 19.2 Å². The van der Waals surface area contributed by atoms with Crippen LogP contribution in [0, 0.1) is 0 Å². The summed E-state index contributed by atoms with van der Waals surface area (Å²) >= 11 is 0. The zero-order chi connectivity index (χ0) is 5.70. The van der Waals surface area contributed by atoms with Gasteiger partial charge in [0.15, 0.2) is 0 Å². The van der Waals surface area contributed by atoms with Crippen molar-refractivity contribution in [3.05, 3.63) is 0 Å². The fourth-order valence-electron chi connectivity index (χ4n) is 0.191. The zero-order valence-electron chi connectivity index (χ0n) is 4.68. The Morgan fingerprint density at radius 3 is 2.57 bits per heavy atom. The molecule has 0 saturated carbocycles. The second-order valence-electron chi connectivity index (χ2n) is 1.45. The monoisotopic (exact) mass is 118 g/mol. The summed E-state index contributed by atoms with van der Waals surface area (Å²) in [6.07, 6.45) is 0. The van der Waals surface area contributed by atoms with Crippen LogP contribution in [0.2, 0.25) is 6.55 Å². The molecule has 0 aliphatic heterocycles. The third-order valence-electron chi connectivity index (χ3n) is 0.863. The molecule has 0 N–H and O–H groups in total. The Balaban J connectivity index is 2.98. The lowest BCUT2D eigenvalue weighted by molar-refractivity contribution is -0.129. The van der Waals surface area contributed by atoms with Gasteiger partial charge in [0, 0.05) is 0 Å². The second kappa shape index (κ2) is 3.86. The molecule has 7 heavy (non-hydrogen) atoms. The van der Waals surface area contributed by atoms with Crippen molar-refractivity contribution < 1.29 is 9.53 Å².